The number of aromatic nitrogens is 1. The molecule has 0 saturated heterocycles. The minimum absolute atomic E-state index is 0.145. The van der Waals surface area contributed by atoms with E-state index in [9.17, 15) is 8.78 Å². The summed E-state index contributed by atoms with van der Waals surface area (Å²) in [5, 5.41) is 7.16. The second kappa shape index (κ2) is 6.67. The van der Waals surface area contributed by atoms with Crippen molar-refractivity contribution in [3.05, 3.63) is 46.8 Å². The van der Waals surface area contributed by atoms with E-state index in [0.29, 0.717) is 12.1 Å². The standard InChI is InChI=1S/C15H18F2N2O2/c1-9(18-8-13-10(2)19-21-11(13)3)12-6-4-5-7-14(12)20-15(16)17/h4-7,9,15,18H,8H2,1-3H3. The molecule has 0 aliphatic carbocycles. The minimum Gasteiger partial charge on any atom is -0.434 e. The third kappa shape index (κ3) is 3.78. The first-order valence-electron chi connectivity index (χ1n) is 6.68. The Bertz CT molecular complexity index is 580. The Morgan fingerprint density at radius 2 is 2.00 bits per heavy atom. The van der Waals surface area contributed by atoms with E-state index < -0.39 is 6.61 Å². The minimum atomic E-state index is -2.83. The van der Waals surface area contributed by atoms with Crippen LogP contribution in [0.25, 0.3) is 0 Å². The number of para-hydroxylation sites is 1. The molecule has 1 unspecified atom stereocenters. The SMILES string of the molecule is Cc1noc(C)c1CNC(C)c1ccccc1OC(F)F. The zero-order valence-corrected chi connectivity index (χ0v) is 12.2. The number of rotatable bonds is 6. The molecule has 1 aromatic heterocycles. The molecular formula is C15H18F2N2O2. The van der Waals surface area contributed by atoms with Gasteiger partial charge in [-0.25, -0.2) is 0 Å². The van der Waals surface area contributed by atoms with E-state index in [4.69, 9.17) is 4.52 Å². The van der Waals surface area contributed by atoms with Gasteiger partial charge in [0.2, 0.25) is 0 Å². The monoisotopic (exact) mass is 296 g/mol. The highest BCUT2D eigenvalue weighted by atomic mass is 19.3. The second-order valence-corrected chi connectivity index (χ2v) is 4.82. The summed E-state index contributed by atoms with van der Waals surface area (Å²) in [6.07, 6.45) is 0. The van der Waals surface area contributed by atoms with Gasteiger partial charge in [-0.3, -0.25) is 0 Å². The molecule has 0 spiro atoms. The van der Waals surface area contributed by atoms with Crippen LogP contribution in [0.1, 0.15) is 35.5 Å². The summed E-state index contributed by atoms with van der Waals surface area (Å²) in [5.41, 5.74) is 2.49. The molecule has 2 rings (SSSR count). The van der Waals surface area contributed by atoms with Gasteiger partial charge in [0.25, 0.3) is 0 Å². The quantitative estimate of drug-likeness (QED) is 0.882. The van der Waals surface area contributed by atoms with Crippen molar-refractivity contribution in [1.29, 1.82) is 0 Å². The van der Waals surface area contributed by atoms with Crippen LogP contribution in [0.5, 0.6) is 5.75 Å². The first-order valence-corrected chi connectivity index (χ1v) is 6.68. The van der Waals surface area contributed by atoms with E-state index in [1.165, 1.54) is 6.07 Å². The number of hydrogen-bond acceptors (Lipinski definition) is 4. The number of hydrogen-bond donors (Lipinski definition) is 1. The van der Waals surface area contributed by atoms with E-state index in [-0.39, 0.29) is 11.8 Å². The highest BCUT2D eigenvalue weighted by Crippen LogP contribution is 2.26. The van der Waals surface area contributed by atoms with E-state index >= 15 is 0 Å². The van der Waals surface area contributed by atoms with Gasteiger partial charge in [0.05, 0.1) is 5.69 Å². The van der Waals surface area contributed by atoms with Gasteiger partial charge in [-0.1, -0.05) is 23.4 Å². The molecule has 4 nitrogen and oxygen atoms in total. The molecule has 1 aromatic carbocycles. The molecule has 0 saturated carbocycles. The van der Waals surface area contributed by atoms with Crippen LogP contribution in [0, 0.1) is 13.8 Å². The summed E-state index contributed by atoms with van der Waals surface area (Å²) in [4.78, 5) is 0. The molecule has 21 heavy (non-hydrogen) atoms. The number of ether oxygens (including phenoxy) is 1. The molecule has 2 aromatic rings. The van der Waals surface area contributed by atoms with Crippen LogP contribution in [0.3, 0.4) is 0 Å². The third-order valence-corrected chi connectivity index (χ3v) is 3.37. The van der Waals surface area contributed by atoms with Crippen LogP contribution in [-0.4, -0.2) is 11.8 Å². The molecule has 114 valence electrons. The Labute approximate surface area is 122 Å². The van der Waals surface area contributed by atoms with E-state index in [0.717, 1.165) is 17.0 Å². The lowest BCUT2D eigenvalue weighted by Gasteiger charge is -2.18. The first-order chi connectivity index (χ1) is 9.99. The van der Waals surface area contributed by atoms with Gasteiger partial charge >= 0.3 is 6.61 Å². The van der Waals surface area contributed by atoms with Crippen molar-refractivity contribution < 1.29 is 18.0 Å². The average Bonchev–Trinajstić information content (AvgIpc) is 2.75. The van der Waals surface area contributed by atoms with Gasteiger partial charge in [-0.05, 0) is 26.8 Å². The van der Waals surface area contributed by atoms with Gasteiger partial charge in [0.1, 0.15) is 11.5 Å². The highest BCUT2D eigenvalue weighted by molar-refractivity contribution is 5.35. The van der Waals surface area contributed by atoms with Gasteiger partial charge < -0.3 is 14.6 Å². The maximum Gasteiger partial charge on any atom is 0.387 e. The number of benzene rings is 1. The second-order valence-electron chi connectivity index (χ2n) is 4.82. The molecule has 0 amide bonds. The van der Waals surface area contributed by atoms with Gasteiger partial charge in [0, 0.05) is 23.7 Å². The largest absolute Gasteiger partial charge is 0.434 e. The number of halogens is 2. The lowest BCUT2D eigenvalue weighted by Crippen LogP contribution is -2.20. The summed E-state index contributed by atoms with van der Waals surface area (Å²) in [6.45, 7) is 3.32. The Hall–Kier alpha value is -1.95. The molecule has 1 N–H and O–H groups in total. The zero-order chi connectivity index (χ0) is 15.4. The smallest absolute Gasteiger partial charge is 0.387 e. The summed E-state index contributed by atoms with van der Waals surface area (Å²) in [7, 11) is 0. The molecule has 1 heterocycles. The fraction of sp³-hybridized carbons (Fsp3) is 0.400. The Morgan fingerprint density at radius 1 is 1.29 bits per heavy atom. The topological polar surface area (TPSA) is 47.3 Å². The zero-order valence-electron chi connectivity index (χ0n) is 12.2. The molecule has 1 atom stereocenters. The van der Waals surface area contributed by atoms with Crippen molar-refractivity contribution in [2.75, 3.05) is 0 Å². The Kier molecular flexibility index (Phi) is 4.90. The molecule has 6 heteroatoms. The lowest BCUT2D eigenvalue weighted by atomic mass is 10.1. The van der Waals surface area contributed by atoms with Crippen molar-refractivity contribution in [3.63, 3.8) is 0 Å². The van der Waals surface area contributed by atoms with Crippen molar-refractivity contribution in [2.24, 2.45) is 0 Å². The van der Waals surface area contributed by atoms with Crippen LogP contribution in [0.4, 0.5) is 8.78 Å². The van der Waals surface area contributed by atoms with Crippen LogP contribution in [0.2, 0.25) is 0 Å². The van der Waals surface area contributed by atoms with Crippen molar-refractivity contribution in [1.82, 2.24) is 10.5 Å². The summed E-state index contributed by atoms with van der Waals surface area (Å²) >= 11 is 0. The van der Waals surface area contributed by atoms with Crippen molar-refractivity contribution in [3.8, 4) is 5.75 Å². The molecule has 0 radical (unpaired) electrons. The van der Waals surface area contributed by atoms with E-state index in [1.807, 2.05) is 20.8 Å². The predicted molar refractivity (Wildman–Crippen MR) is 74.3 cm³/mol. The predicted octanol–water partition coefficient (Wildman–Crippen LogP) is 3.74. The fourth-order valence-corrected chi connectivity index (χ4v) is 2.16. The lowest BCUT2D eigenvalue weighted by molar-refractivity contribution is -0.0506. The van der Waals surface area contributed by atoms with Crippen molar-refractivity contribution in [2.45, 2.75) is 40.0 Å². The fourth-order valence-electron chi connectivity index (χ4n) is 2.16. The first kappa shape index (κ1) is 15.4. The number of aryl methyl sites for hydroxylation is 2. The summed E-state index contributed by atoms with van der Waals surface area (Å²) in [5.74, 6) is 0.940. The van der Waals surface area contributed by atoms with Gasteiger partial charge in [-0.2, -0.15) is 8.78 Å². The van der Waals surface area contributed by atoms with Gasteiger partial charge in [-0.15, -0.1) is 0 Å². The van der Waals surface area contributed by atoms with E-state index in [2.05, 4.69) is 15.2 Å². The normalized spacial score (nSPS) is 12.7. The van der Waals surface area contributed by atoms with Crippen LogP contribution >= 0.6 is 0 Å². The molecule has 0 aliphatic rings. The Balaban J connectivity index is 2.08. The van der Waals surface area contributed by atoms with E-state index in [1.54, 1.807) is 18.2 Å². The Morgan fingerprint density at radius 3 is 2.62 bits per heavy atom. The maximum atomic E-state index is 12.4. The van der Waals surface area contributed by atoms with Crippen LogP contribution < -0.4 is 10.1 Å². The van der Waals surface area contributed by atoms with Crippen LogP contribution in [-0.2, 0) is 6.54 Å². The third-order valence-electron chi connectivity index (χ3n) is 3.37. The number of nitrogens with zero attached hydrogens (tertiary/aromatic N) is 1. The van der Waals surface area contributed by atoms with Crippen molar-refractivity contribution >= 4 is 0 Å². The summed E-state index contributed by atoms with van der Waals surface area (Å²) < 4.78 is 34.5. The molecule has 0 bridgehead atoms. The molecule has 0 aliphatic heterocycles. The average molecular weight is 296 g/mol. The molecular weight excluding hydrogens is 278 g/mol. The highest BCUT2D eigenvalue weighted by Gasteiger charge is 2.16. The van der Waals surface area contributed by atoms with Crippen LogP contribution in [0.15, 0.2) is 28.8 Å². The molecule has 0 fully saturated rings. The number of alkyl halides is 2. The maximum absolute atomic E-state index is 12.4. The summed E-state index contributed by atoms with van der Waals surface area (Å²) in [6, 6.07) is 6.62. The van der Waals surface area contributed by atoms with Gasteiger partial charge in [0.15, 0.2) is 0 Å². The number of nitrogens with one attached hydrogen (secondary N) is 1.